The van der Waals surface area contributed by atoms with E-state index in [1.165, 1.54) is 4.90 Å². The summed E-state index contributed by atoms with van der Waals surface area (Å²) in [4.78, 5) is 40.6. The lowest BCUT2D eigenvalue weighted by atomic mass is 9.66. The second-order valence-electron chi connectivity index (χ2n) is 10.5. The van der Waals surface area contributed by atoms with Crippen molar-refractivity contribution in [3.63, 3.8) is 0 Å². The zero-order valence-corrected chi connectivity index (χ0v) is 21.1. The normalized spacial score (nSPS) is 25.3. The molecule has 2 aliphatic heterocycles. The molecule has 188 valence electrons. The van der Waals surface area contributed by atoms with Crippen molar-refractivity contribution in [3.05, 3.63) is 34.9 Å². The highest BCUT2D eigenvalue weighted by molar-refractivity contribution is 6.30. The lowest BCUT2D eigenvalue weighted by molar-refractivity contribution is -0.156. The van der Waals surface area contributed by atoms with Crippen molar-refractivity contribution in [2.24, 2.45) is 11.3 Å². The predicted molar refractivity (Wildman–Crippen MR) is 129 cm³/mol. The third-order valence-electron chi connectivity index (χ3n) is 7.38. The first-order chi connectivity index (χ1) is 15.9. The number of carbonyl (C=O) groups is 3. The molecular weight excluding hydrogens is 458 g/mol. The molecule has 2 aliphatic rings. The van der Waals surface area contributed by atoms with E-state index < -0.39 is 23.2 Å². The van der Waals surface area contributed by atoms with Crippen molar-refractivity contribution in [1.82, 2.24) is 15.1 Å². The van der Waals surface area contributed by atoms with Gasteiger partial charge in [-0.2, -0.15) is 0 Å². The lowest BCUT2D eigenvalue weighted by Gasteiger charge is -2.51. The number of benzene rings is 1. The van der Waals surface area contributed by atoms with Gasteiger partial charge in [-0.1, -0.05) is 51.4 Å². The van der Waals surface area contributed by atoms with E-state index in [1.807, 2.05) is 39.8 Å². The van der Waals surface area contributed by atoms with Gasteiger partial charge in [-0.3, -0.25) is 9.59 Å². The van der Waals surface area contributed by atoms with Crippen LogP contribution in [0.5, 0.6) is 0 Å². The van der Waals surface area contributed by atoms with Crippen LogP contribution in [0.3, 0.4) is 0 Å². The number of likely N-dealkylation sites (tertiary alicyclic amines) is 2. The average molecular weight is 494 g/mol. The van der Waals surface area contributed by atoms with Crippen LogP contribution in [0, 0.1) is 11.3 Å². The van der Waals surface area contributed by atoms with Crippen LogP contribution in [-0.4, -0.2) is 69.6 Å². The number of piperidine rings is 1. The Morgan fingerprint density at radius 1 is 1.18 bits per heavy atom. The standard InChI is InChI=1S/C25H36ClN3O5/c1-16(2)21(27-20(30)14-19-6-5-12-29(19)23(32)33)22(31)28-13-11-25(34,24(3,4)15-28)17-7-9-18(26)10-8-17/h7-10,16,19,21,34H,5-6,11-15H2,1-4H3,(H,27,30)(H,32,33)/t19?,21-,25+/m1/s1. The van der Waals surface area contributed by atoms with Gasteiger partial charge in [0.05, 0.1) is 5.60 Å². The highest BCUT2D eigenvalue weighted by Gasteiger charge is 2.50. The summed E-state index contributed by atoms with van der Waals surface area (Å²) < 4.78 is 0. The van der Waals surface area contributed by atoms with Gasteiger partial charge >= 0.3 is 6.09 Å². The summed E-state index contributed by atoms with van der Waals surface area (Å²) in [5, 5.41) is 24.4. The van der Waals surface area contributed by atoms with Gasteiger partial charge in [0.15, 0.2) is 0 Å². The van der Waals surface area contributed by atoms with Gasteiger partial charge in [0.1, 0.15) is 6.04 Å². The van der Waals surface area contributed by atoms with Crippen LogP contribution >= 0.6 is 11.6 Å². The van der Waals surface area contributed by atoms with Crippen molar-refractivity contribution in [1.29, 1.82) is 0 Å². The summed E-state index contributed by atoms with van der Waals surface area (Å²) in [6.45, 7) is 8.74. The zero-order valence-electron chi connectivity index (χ0n) is 20.4. The molecule has 8 nitrogen and oxygen atoms in total. The predicted octanol–water partition coefficient (Wildman–Crippen LogP) is 3.46. The van der Waals surface area contributed by atoms with Crippen molar-refractivity contribution in [2.75, 3.05) is 19.6 Å². The second kappa shape index (κ2) is 10.1. The SMILES string of the molecule is CC(C)[C@@H](NC(=O)CC1CCCN1C(=O)O)C(=O)N1CC[C@](O)(c2ccc(Cl)cc2)C(C)(C)C1. The molecule has 0 spiro atoms. The summed E-state index contributed by atoms with van der Waals surface area (Å²) in [6, 6.07) is 6.07. The van der Waals surface area contributed by atoms with Gasteiger partial charge in [-0.05, 0) is 42.9 Å². The first-order valence-corrected chi connectivity index (χ1v) is 12.3. The quantitative estimate of drug-likeness (QED) is 0.562. The number of rotatable bonds is 6. The third-order valence-corrected chi connectivity index (χ3v) is 7.63. The van der Waals surface area contributed by atoms with Gasteiger partial charge in [0.2, 0.25) is 11.8 Å². The largest absolute Gasteiger partial charge is 0.465 e. The fourth-order valence-corrected chi connectivity index (χ4v) is 5.35. The van der Waals surface area contributed by atoms with Crippen LogP contribution < -0.4 is 5.32 Å². The molecular formula is C25H36ClN3O5. The Hall–Kier alpha value is -2.32. The first kappa shape index (κ1) is 26.3. The number of carbonyl (C=O) groups excluding carboxylic acids is 2. The minimum Gasteiger partial charge on any atom is -0.465 e. The molecule has 3 N–H and O–H groups in total. The Bertz CT molecular complexity index is 920. The summed E-state index contributed by atoms with van der Waals surface area (Å²) in [5.41, 5.74) is -0.984. The van der Waals surface area contributed by atoms with Crippen molar-refractivity contribution < 1.29 is 24.6 Å². The average Bonchev–Trinajstić information content (AvgIpc) is 3.22. The molecule has 0 bridgehead atoms. The molecule has 3 atom stereocenters. The van der Waals surface area contributed by atoms with E-state index in [0.717, 1.165) is 12.0 Å². The zero-order chi connectivity index (χ0) is 25.3. The summed E-state index contributed by atoms with van der Waals surface area (Å²) in [7, 11) is 0. The minimum absolute atomic E-state index is 0.0462. The Kier molecular flexibility index (Phi) is 7.82. The third kappa shape index (κ3) is 5.33. The van der Waals surface area contributed by atoms with E-state index in [0.29, 0.717) is 37.5 Å². The molecule has 3 rings (SSSR count). The van der Waals surface area contributed by atoms with Crippen LogP contribution in [0.2, 0.25) is 5.02 Å². The molecule has 0 radical (unpaired) electrons. The van der Waals surface area contributed by atoms with E-state index in [9.17, 15) is 24.6 Å². The van der Waals surface area contributed by atoms with Crippen LogP contribution in [0.25, 0.3) is 0 Å². The Morgan fingerprint density at radius 3 is 2.38 bits per heavy atom. The molecule has 1 unspecified atom stereocenters. The number of hydrogen-bond donors (Lipinski definition) is 3. The Morgan fingerprint density at radius 2 is 1.82 bits per heavy atom. The van der Waals surface area contributed by atoms with Crippen LogP contribution in [0.1, 0.15) is 58.9 Å². The number of hydrogen-bond acceptors (Lipinski definition) is 4. The van der Waals surface area contributed by atoms with E-state index in [4.69, 9.17) is 11.6 Å². The monoisotopic (exact) mass is 493 g/mol. The van der Waals surface area contributed by atoms with E-state index >= 15 is 0 Å². The fraction of sp³-hybridized carbons (Fsp3) is 0.640. The highest BCUT2D eigenvalue weighted by Crippen LogP contribution is 2.46. The van der Waals surface area contributed by atoms with Gasteiger partial charge in [-0.15, -0.1) is 0 Å². The van der Waals surface area contributed by atoms with E-state index in [-0.39, 0.29) is 30.2 Å². The van der Waals surface area contributed by atoms with Crippen molar-refractivity contribution >= 4 is 29.5 Å². The molecule has 3 amide bonds. The fourth-order valence-electron chi connectivity index (χ4n) is 5.23. The van der Waals surface area contributed by atoms with Crippen LogP contribution in [-0.2, 0) is 15.2 Å². The molecule has 1 aromatic rings. The molecule has 0 aliphatic carbocycles. The number of carboxylic acid groups (broad SMARTS) is 1. The van der Waals surface area contributed by atoms with Crippen LogP contribution in [0.15, 0.2) is 24.3 Å². The Balaban J connectivity index is 1.68. The van der Waals surface area contributed by atoms with Gasteiger partial charge < -0.3 is 25.3 Å². The maximum Gasteiger partial charge on any atom is 0.407 e. The first-order valence-electron chi connectivity index (χ1n) is 11.9. The van der Waals surface area contributed by atoms with E-state index in [2.05, 4.69) is 5.32 Å². The number of nitrogens with one attached hydrogen (secondary N) is 1. The molecule has 2 fully saturated rings. The molecule has 1 aromatic carbocycles. The van der Waals surface area contributed by atoms with Gasteiger partial charge in [0, 0.05) is 42.5 Å². The minimum atomic E-state index is -1.12. The highest BCUT2D eigenvalue weighted by atomic mass is 35.5. The number of amides is 3. The summed E-state index contributed by atoms with van der Waals surface area (Å²) in [5.74, 6) is -0.647. The Labute approximate surface area is 206 Å². The molecule has 2 saturated heterocycles. The lowest BCUT2D eigenvalue weighted by Crippen LogP contribution is -2.60. The van der Waals surface area contributed by atoms with Crippen LogP contribution in [0.4, 0.5) is 4.79 Å². The molecule has 2 heterocycles. The second-order valence-corrected chi connectivity index (χ2v) is 11.0. The number of aliphatic hydroxyl groups is 1. The molecule has 9 heteroatoms. The number of halogens is 1. The van der Waals surface area contributed by atoms with Crippen molar-refractivity contribution in [3.8, 4) is 0 Å². The maximum absolute atomic E-state index is 13.5. The van der Waals surface area contributed by atoms with Gasteiger partial charge in [0.25, 0.3) is 0 Å². The molecule has 0 saturated carbocycles. The number of nitrogens with zero attached hydrogens (tertiary/aromatic N) is 2. The summed E-state index contributed by atoms with van der Waals surface area (Å²) >= 11 is 6.01. The summed E-state index contributed by atoms with van der Waals surface area (Å²) in [6.07, 6.45) is 0.766. The van der Waals surface area contributed by atoms with Crippen molar-refractivity contribution in [2.45, 2.75) is 71.1 Å². The van der Waals surface area contributed by atoms with Gasteiger partial charge in [-0.25, -0.2) is 4.79 Å². The molecule has 0 aromatic heterocycles. The maximum atomic E-state index is 13.5. The topological polar surface area (TPSA) is 110 Å². The van der Waals surface area contributed by atoms with E-state index in [1.54, 1.807) is 17.0 Å². The smallest absolute Gasteiger partial charge is 0.407 e. The molecule has 34 heavy (non-hydrogen) atoms.